The molecule has 1 aromatic carbocycles. The Morgan fingerprint density at radius 1 is 1.23 bits per heavy atom. The van der Waals surface area contributed by atoms with Crippen LogP contribution in [0.25, 0.3) is 16.9 Å². The fourth-order valence-corrected chi connectivity index (χ4v) is 3.71. The van der Waals surface area contributed by atoms with Gasteiger partial charge in [-0.25, -0.2) is 23.8 Å². The third kappa shape index (κ3) is 4.56. The van der Waals surface area contributed by atoms with Gasteiger partial charge < -0.3 is 15.2 Å². The van der Waals surface area contributed by atoms with Gasteiger partial charge in [-0.2, -0.15) is 5.10 Å². The highest BCUT2D eigenvalue weighted by atomic mass is 19.1. The van der Waals surface area contributed by atoms with Crippen molar-refractivity contribution in [1.82, 2.24) is 25.1 Å². The highest BCUT2D eigenvalue weighted by Crippen LogP contribution is 2.30. The summed E-state index contributed by atoms with van der Waals surface area (Å²) >= 11 is 0. The molecule has 2 aromatic heterocycles. The molecule has 0 radical (unpaired) electrons. The maximum atomic E-state index is 14.0. The van der Waals surface area contributed by atoms with Crippen LogP contribution in [0.15, 0.2) is 49.2 Å². The maximum absolute atomic E-state index is 14.0. The van der Waals surface area contributed by atoms with Gasteiger partial charge in [0.25, 0.3) is 0 Å². The summed E-state index contributed by atoms with van der Waals surface area (Å²) in [5.74, 6) is 0.515. The van der Waals surface area contributed by atoms with Gasteiger partial charge in [0.15, 0.2) is 5.75 Å². The first-order valence-corrected chi connectivity index (χ1v) is 9.82. The molecule has 2 N–H and O–H groups in total. The van der Waals surface area contributed by atoms with Crippen molar-refractivity contribution in [2.24, 2.45) is 5.92 Å². The Labute approximate surface area is 172 Å². The molecular formula is C21H22FN5O3. The number of hydrogen-bond donors (Lipinski definition) is 2. The average molecular weight is 411 g/mol. The van der Waals surface area contributed by atoms with Crippen molar-refractivity contribution < 1.29 is 19.0 Å². The number of nitrogens with one attached hydrogen (secondary N) is 1. The maximum Gasteiger partial charge on any atom is 0.404 e. The molecule has 2 heterocycles. The van der Waals surface area contributed by atoms with Crippen LogP contribution in [0.5, 0.6) is 5.75 Å². The van der Waals surface area contributed by atoms with Crippen LogP contribution in [0, 0.1) is 11.7 Å². The first-order valence-electron chi connectivity index (χ1n) is 9.82. The van der Waals surface area contributed by atoms with Crippen molar-refractivity contribution >= 4 is 6.09 Å². The standard InChI is InChI=1S/C21H22FN5O3/c22-17-3-1-2-4-18(17)27-11-15(9-25-27)20-19(10-23-13-24-20)30-12-14-5-7-16(8-6-14)26-21(28)29/h1-4,9-11,13-14,16,26H,5-8,12H2,(H,28,29)/t14-,16+. The van der Waals surface area contributed by atoms with Crippen LogP contribution in [-0.2, 0) is 0 Å². The number of halogens is 1. The minimum atomic E-state index is -0.975. The third-order valence-electron chi connectivity index (χ3n) is 5.28. The Balaban J connectivity index is 1.43. The number of carboxylic acid groups (broad SMARTS) is 1. The number of hydrogen-bond acceptors (Lipinski definition) is 5. The summed E-state index contributed by atoms with van der Waals surface area (Å²) in [6, 6.07) is 6.43. The molecule has 0 saturated heterocycles. The van der Waals surface area contributed by atoms with E-state index < -0.39 is 6.09 Å². The molecule has 4 rings (SSSR count). The minimum absolute atomic E-state index is 0.0126. The van der Waals surface area contributed by atoms with E-state index in [1.165, 1.54) is 17.1 Å². The lowest BCUT2D eigenvalue weighted by atomic mass is 9.86. The lowest BCUT2D eigenvalue weighted by Crippen LogP contribution is -2.37. The summed E-state index contributed by atoms with van der Waals surface area (Å²) in [5.41, 5.74) is 1.64. The topological polar surface area (TPSA) is 102 Å². The lowest BCUT2D eigenvalue weighted by molar-refractivity contribution is 0.169. The number of aromatic nitrogens is 4. The number of amides is 1. The van der Waals surface area contributed by atoms with E-state index in [0.29, 0.717) is 35.2 Å². The van der Waals surface area contributed by atoms with E-state index in [0.717, 1.165) is 25.7 Å². The zero-order valence-corrected chi connectivity index (χ0v) is 16.2. The largest absolute Gasteiger partial charge is 0.489 e. The molecule has 1 aliphatic carbocycles. The zero-order valence-electron chi connectivity index (χ0n) is 16.2. The molecule has 0 spiro atoms. The van der Waals surface area contributed by atoms with Gasteiger partial charge in [-0.15, -0.1) is 0 Å². The van der Waals surface area contributed by atoms with Crippen LogP contribution >= 0.6 is 0 Å². The zero-order chi connectivity index (χ0) is 20.9. The monoisotopic (exact) mass is 411 g/mol. The first-order chi connectivity index (χ1) is 14.6. The molecule has 8 nitrogen and oxygen atoms in total. The van der Waals surface area contributed by atoms with Crippen LogP contribution in [0.1, 0.15) is 25.7 Å². The van der Waals surface area contributed by atoms with E-state index in [9.17, 15) is 9.18 Å². The Bertz CT molecular complexity index is 1020. The summed E-state index contributed by atoms with van der Waals surface area (Å²) in [6.07, 6.45) is 8.77. The van der Waals surface area contributed by atoms with Crippen molar-refractivity contribution in [3.63, 3.8) is 0 Å². The fraction of sp³-hybridized carbons (Fsp3) is 0.333. The Morgan fingerprint density at radius 2 is 2.03 bits per heavy atom. The molecule has 9 heteroatoms. The molecule has 1 fully saturated rings. The summed E-state index contributed by atoms with van der Waals surface area (Å²) in [4.78, 5) is 19.2. The molecule has 0 aliphatic heterocycles. The van der Waals surface area contributed by atoms with E-state index in [2.05, 4.69) is 20.4 Å². The molecular weight excluding hydrogens is 389 g/mol. The molecule has 156 valence electrons. The highest BCUT2D eigenvalue weighted by Gasteiger charge is 2.23. The quantitative estimate of drug-likeness (QED) is 0.642. The predicted octanol–water partition coefficient (Wildman–Crippen LogP) is 3.67. The van der Waals surface area contributed by atoms with Crippen LogP contribution in [0.3, 0.4) is 0 Å². The van der Waals surface area contributed by atoms with Gasteiger partial charge in [-0.05, 0) is 43.7 Å². The number of carbonyl (C=O) groups is 1. The van der Waals surface area contributed by atoms with Gasteiger partial charge in [0, 0.05) is 17.8 Å². The first kappa shape index (κ1) is 19.8. The van der Waals surface area contributed by atoms with Crippen LogP contribution in [-0.4, -0.2) is 43.6 Å². The number of para-hydroxylation sites is 1. The SMILES string of the molecule is O=C(O)N[C@H]1CC[C@@H](COc2cncnc2-c2cnn(-c3ccccc3F)c2)CC1. The number of rotatable bonds is 6. The molecule has 1 saturated carbocycles. The Hall–Kier alpha value is -3.49. The summed E-state index contributed by atoms with van der Waals surface area (Å²) in [5, 5.41) is 15.6. The van der Waals surface area contributed by atoms with Crippen LogP contribution in [0.2, 0.25) is 0 Å². The van der Waals surface area contributed by atoms with Gasteiger partial charge >= 0.3 is 6.09 Å². The summed E-state index contributed by atoms with van der Waals surface area (Å²) < 4.78 is 21.5. The number of benzene rings is 1. The van der Waals surface area contributed by atoms with Crippen molar-refractivity contribution in [1.29, 1.82) is 0 Å². The molecule has 1 amide bonds. The molecule has 0 atom stereocenters. The second-order valence-corrected chi connectivity index (χ2v) is 7.34. The highest BCUT2D eigenvalue weighted by molar-refractivity contribution is 5.65. The molecule has 3 aromatic rings. The van der Waals surface area contributed by atoms with Crippen molar-refractivity contribution in [3.05, 3.63) is 55.0 Å². The van der Waals surface area contributed by atoms with Gasteiger partial charge in [0.1, 0.15) is 23.5 Å². The van der Waals surface area contributed by atoms with E-state index in [1.807, 2.05) is 0 Å². The third-order valence-corrected chi connectivity index (χ3v) is 5.28. The Morgan fingerprint density at radius 3 is 2.80 bits per heavy atom. The van der Waals surface area contributed by atoms with Crippen molar-refractivity contribution in [2.45, 2.75) is 31.7 Å². The average Bonchev–Trinajstić information content (AvgIpc) is 3.23. The Kier molecular flexibility index (Phi) is 5.87. The van der Waals surface area contributed by atoms with E-state index in [-0.39, 0.29) is 11.9 Å². The van der Waals surface area contributed by atoms with Gasteiger partial charge in [0.05, 0.1) is 19.0 Å². The second kappa shape index (κ2) is 8.89. The summed E-state index contributed by atoms with van der Waals surface area (Å²) in [7, 11) is 0. The van der Waals surface area contributed by atoms with Crippen molar-refractivity contribution in [3.8, 4) is 22.7 Å². The van der Waals surface area contributed by atoms with Crippen molar-refractivity contribution in [2.75, 3.05) is 6.61 Å². The molecule has 1 aliphatic rings. The van der Waals surface area contributed by atoms with E-state index >= 15 is 0 Å². The minimum Gasteiger partial charge on any atom is -0.489 e. The van der Waals surface area contributed by atoms with Crippen LogP contribution < -0.4 is 10.1 Å². The predicted molar refractivity (Wildman–Crippen MR) is 107 cm³/mol. The summed E-state index contributed by atoms with van der Waals surface area (Å²) in [6.45, 7) is 0.502. The smallest absolute Gasteiger partial charge is 0.404 e. The number of ether oxygens (including phenoxy) is 1. The molecule has 0 bridgehead atoms. The van der Waals surface area contributed by atoms with Gasteiger partial charge in [-0.3, -0.25) is 0 Å². The van der Waals surface area contributed by atoms with Crippen LogP contribution in [0.4, 0.5) is 9.18 Å². The van der Waals surface area contributed by atoms with Gasteiger partial charge in [0.2, 0.25) is 0 Å². The lowest BCUT2D eigenvalue weighted by Gasteiger charge is -2.28. The molecule has 30 heavy (non-hydrogen) atoms. The normalized spacial score (nSPS) is 18.7. The second-order valence-electron chi connectivity index (χ2n) is 7.34. The van der Waals surface area contributed by atoms with E-state index in [4.69, 9.17) is 9.84 Å². The van der Waals surface area contributed by atoms with E-state index in [1.54, 1.807) is 36.8 Å². The van der Waals surface area contributed by atoms with Gasteiger partial charge in [-0.1, -0.05) is 12.1 Å². The fourth-order valence-electron chi connectivity index (χ4n) is 3.71. The number of nitrogens with zero attached hydrogens (tertiary/aromatic N) is 4. The molecule has 0 unspecified atom stereocenters.